The molecule has 0 atom stereocenters. The van der Waals surface area contributed by atoms with Crippen molar-refractivity contribution >= 4 is 29.0 Å². The predicted octanol–water partition coefficient (Wildman–Crippen LogP) is 6.74. The molecule has 0 unspecified atom stereocenters. The van der Waals surface area contributed by atoms with Gasteiger partial charge < -0.3 is 5.32 Å². The first-order valence-electron chi connectivity index (χ1n) is 12.8. The lowest BCUT2D eigenvalue weighted by Crippen LogP contribution is -2.29. The smallest absolute Gasteiger partial charge is 0.271 e. The van der Waals surface area contributed by atoms with Crippen LogP contribution in [0.25, 0.3) is 17.1 Å². The highest BCUT2D eigenvalue weighted by molar-refractivity contribution is 7.98. The summed E-state index contributed by atoms with van der Waals surface area (Å²) in [6.45, 7) is 0. The van der Waals surface area contributed by atoms with Gasteiger partial charge in [-0.2, -0.15) is 0 Å². The van der Waals surface area contributed by atoms with Gasteiger partial charge in [-0.25, -0.2) is 9.37 Å². The standard InChI is InChI=1S/C31H23FN6OS2/c32-24-15-7-8-16-26(24)38-29(23-14-9-17-33-18-23)36-37-31(38)41-20-27-34-25(19-40-27)30(39)35-28(21-10-3-1-4-11-21)22-12-5-2-6-13-22/h1-19,28H,20H2,(H,35,39). The van der Waals surface area contributed by atoms with E-state index in [0.717, 1.165) is 21.7 Å². The van der Waals surface area contributed by atoms with Crippen LogP contribution in [0.3, 0.4) is 0 Å². The Kier molecular flexibility index (Phi) is 7.92. The first kappa shape index (κ1) is 26.5. The summed E-state index contributed by atoms with van der Waals surface area (Å²) in [7, 11) is 0. The van der Waals surface area contributed by atoms with E-state index in [2.05, 4.69) is 25.5 Å². The molecule has 0 saturated heterocycles. The number of amides is 1. The molecule has 41 heavy (non-hydrogen) atoms. The second kappa shape index (κ2) is 12.2. The molecule has 3 heterocycles. The number of carbonyl (C=O) groups is 1. The zero-order valence-corrected chi connectivity index (χ0v) is 23.2. The molecule has 1 N–H and O–H groups in total. The Labute approximate surface area is 244 Å². The van der Waals surface area contributed by atoms with Gasteiger partial charge in [0.25, 0.3) is 5.91 Å². The molecule has 0 saturated carbocycles. The minimum atomic E-state index is -0.390. The Morgan fingerprint density at radius 2 is 1.61 bits per heavy atom. The quantitative estimate of drug-likeness (QED) is 0.191. The Morgan fingerprint density at radius 1 is 0.902 bits per heavy atom. The monoisotopic (exact) mass is 578 g/mol. The van der Waals surface area contributed by atoms with Crippen LogP contribution in [0, 0.1) is 5.82 Å². The van der Waals surface area contributed by atoms with Crippen LogP contribution in [-0.2, 0) is 5.75 Å². The zero-order valence-electron chi connectivity index (χ0n) is 21.6. The molecular formula is C31H23FN6OS2. The molecule has 3 aromatic heterocycles. The summed E-state index contributed by atoms with van der Waals surface area (Å²) in [5.41, 5.74) is 3.36. The lowest BCUT2D eigenvalue weighted by atomic mass is 9.98. The summed E-state index contributed by atoms with van der Waals surface area (Å²) >= 11 is 2.76. The molecule has 6 aromatic rings. The number of pyridine rings is 1. The van der Waals surface area contributed by atoms with Crippen molar-refractivity contribution in [1.29, 1.82) is 0 Å². The van der Waals surface area contributed by atoms with Crippen molar-refractivity contribution in [3.8, 4) is 17.1 Å². The van der Waals surface area contributed by atoms with E-state index in [4.69, 9.17) is 0 Å². The third kappa shape index (κ3) is 5.93. The first-order valence-corrected chi connectivity index (χ1v) is 14.6. The van der Waals surface area contributed by atoms with E-state index in [-0.39, 0.29) is 17.8 Å². The summed E-state index contributed by atoms with van der Waals surface area (Å²) < 4.78 is 16.6. The third-order valence-corrected chi connectivity index (χ3v) is 8.27. The molecule has 0 radical (unpaired) electrons. The normalized spacial score (nSPS) is 11.1. The second-order valence-corrected chi connectivity index (χ2v) is 10.9. The number of nitrogens with one attached hydrogen (secondary N) is 1. The molecule has 10 heteroatoms. The van der Waals surface area contributed by atoms with Crippen LogP contribution in [0.4, 0.5) is 4.39 Å². The van der Waals surface area contributed by atoms with Crippen LogP contribution in [0.5, 0.6) is 0 Å². The summed E-state index contributed by atoms with van der Waals surface area (Å²) in [6, 6.07) is 29.5. The number of thioether (sulfide) groups is 1. The van der Waals surface area contributed by atoms with Crippen LogP contribution < -0.4 is 5.32 Å². The number of halogens is 1. The van der Waals surface area contributed by atoms with Gasteiger partial charge in [0.2, 0.25) is 0 Å². The largest absolute Gasteiger partial charge is 0.340 e. The second-order valence-electron chi connectivity index (χ2n) is 8.98. The van der Waals surface area contributed by atoms with Crippen molar-refractivity contribution < 1.29 is 9.18 Å². The lowest BCUT2D eigenvalue weighted by molar-refractivity contribution is 0.0938. The number of hydrogen-bond acceptors (Lipinski definition) is 7. The van der Waals surface area contributed by atoms with E-state index >= 15 is 0 Å². The van der Waals surface area contributed by atoms with Gasteiger partial charge in [0.15, 0.2) is 11.0 Å². The molecule has 0 bridgehead atoms. The van der Waals surface area contributed by atoms with Crippen LogP contribution in [0.15, 0.2) is 120 Å². The topological polar surface area (TPSA) is 85.6 Å². The molecule has 0 aliphatic heterocycles. The molecule has 0 fully saturated rings. The van der Waals surface area contributed by atoms with E-state index in [1.165, 1.54) is 29.2 Å². The van der Waals surface area contributed by atoms with Crippen molar-refractivity contribution in [2.75, 3.05) is 0 Å². The highest BCUT2D eigenvalue weighted by Gasteiger charge is 2.21. The van der Waals surface area contributed by atoms with Gasteiger partial charge >= 0.3 is 0 Å². The summed E-state index contributed by atoms with van der Waals surface area (Å²) in [6.07, 6.45) is 3.33. The van der Waals surface area contributed by atoms with Gasteiger partial charge in [-0.1, -0.05) is 84.6 Å². The van der Waals surface area contributed by atoms with Gasteiger partial charge in [-0.3, -0.25) is 14.3 Å². The van der Waals surface area contributed by atoms with E-state index in [9.17, 15) is 9.18 Å². The molecule has 1 amide bonds. The molecular weight excluding hydrogens is 556 g/mol. The highest BCUT2D eigenvalue weighted by Crippen LogP contribution is 2.31. The third-order valence-electron chi connectivity index (χ3n) is 6.30. The van der Waals surface area contributed by atoms with Crippen LogP contribution in [0.1, 0.15) is 32.7 Å². The molecule has 0 aliphatic carbocycles. The number of benzene rings is 3. The van der Waals surface area contributed by atoms with Gasteiger partial charge in [0, 0.05) is 23.3 Å². The van der Waals surface area contributed by atoms with Crippen molar-refractivity contribution in [3.05, 3.63) is 142 Å². The average molecular weight is 579 g/mol. The van der Waals surface area contributed by atoms with Gasteiger partial charge in [0.1, 0.15) is 16.5 Å². The molecule has 0 aliphatic rings. The fraction of sp³-hybridized carbons (Fsp3) is 0.0645. The fourth-order valence-corrected chi connectivity index (χ4v) is 6.10. The summed E-state index contributed by atoms with van der Waals surface area (Å²) in [5.74, 6) is 0.263. The Bertz CT molecular complexity index is 1720. The highest BCUT2D eigenvalue weighted by atomic mass is 32.2. The number of aromatic nitrogens is 5. The van der Waals surface area contributed by atoms with Crippen molar-refractivity contribution in [2.45, 2.75) is 17.0 Å². The molecule has 7 nitrogen and oxygen atoms in total. The minimum absolute atomic E-state index is 0.261. The van der Waals surface area contributed by atoms with Crippen LogP contribution >= 0.6 is 23.1 Å². The predicted molar refractivity (Wildman–Crippen MR) is 158 cm³/mol. The maximum Gasteiger partial charge on any atom is 0.271 e. The van der Waals surface area contributed by atoms with E-state index in [1.54, 1.807) is 46.6 Å². The number of para-hydroxylation sites is 1. The lowest BCUT2D eigenvalue weighted by Gasteiger charge is -2.19. The first-order chi connectivity index (χ1) is 20.2. The molecule has 202 valence electrons. The average Bonchev–Trinajstić information content (AvgIpc) is 3.68. The van der Waals surface area contributed by atoms with Gasteiger partial charge in [0.05, 0.1) is 17.5 Å². The van der Waals surface area contributed by atoms with Crippen molar-refractivity contribution in [3.63, 3.8) is 0 Å². The van der Waals surface area contributed by atoms with Crippen molar-refractivity contribution in [1.82, 2.24) is 30.0 Å². The molecule has 3 aromatic carbocycles. The minimum Gasteiger partial charge on any atom is -0.340 e. The van der Waals surface area contributed by atoms with E-state index < -0.39 is 0 Å². The number of thiazole rings is 1. The maximum absolute atomic E-state index is 14.9. The number of hydrogen-bond donors (Lipinski definition) is 1. The van der Waals surface area contributed by atoms with Crippen molar-refractivity contribution in [2.24, 2.45) is 0 Å². The summed E-state index contributed by atoms with van der Waals surface area (Å²) in [5, 5.41) is 14.8. The molecule has 0 spiro atoms. The van der Waals surface area contributed by atoms with E-state index in [1.807, 2.05) is 66.7 Å². The van der Waals surface area contributed by atoms with Gasteiger partial charge in [-0.15, -0.1) is 21.5 Å². The van der Waals surface area contributed by atoms with E-state index in [0.29, 0.717) is 28.1 Å². The van der Waals surface area contributed by atoms with Crippen LogP contribution in [0.2, 0.25) is 0 Å². The maximum atomic E-state index is 14.9. The van der Waals surface area contributed by atoms with Gasteiger partial charge in [-0.05, 0) is 35.4 Å². The Morgan fingerprint density at radius 3 is 2.29 bits per heavy atom. The number of nitrogens with zero attached hydrogens (tertiary/aromatic N) is 5. The molecule has 6 rings (SSSR count). The summed E-state index contributed by atoms with van der Waals surface area (Å²) in [4.78, 5) is 22.0. The van der Waals surface area contributed by atoms with Crippen LogP contribution in [-0.4, -0.2) is 30.6 Å². The Balaban J connectivity index is 1.22. The number of rotatable bonds is 9. The SMILES string of the molecule is O=C(NC(c1ccccc1)c1ccccc1)c1csc(CSc2nnc(-c3cccnc3)n2-c2ccccc2F)n1. The zero-order chi connectivity index (χ0) is 28.0. The Hall–Kier alpha value is -4.67. The fourth-order valence-electron chi connectivity index (χ4n) is 4.36. The number of carbonyl (C=O) groups excluding carboxylic acids is 1.